The van der Waals surface area contributed by atoms with E-state index in [0.29, 0.717) is 6.04 Å². The number of hydrogen-bond acceptors (Lipinski definition) is 5. The van der Waals surface area contributed by atoms with Crippen molar-refractivity contribution in [2.45, 2.75) is 70.9 Å². The summed E-state index contributed by atoms with van der Waals surface area (Å²) in [5.74, 6) is 2.68. The molecule has 1 atom stereocenters. The fourth-order valence-electron chi connectivity index (χ4n) is 5.47. The van der Waals surface area contributed by atoms with Gasteiger partial charge in [-0.2, -0.15) is 0 Å². The summed E-state index contributed by atoms with van der Waals surface area (Å²) >= 11 is 1.80. The lowest BCUT2D eigenvalue weighted by Crippen LogP contribution is -2.47. The van der Waals surface area contributed by atoms with Gasteiger partial charge < -0.3 is 15.5 Å². The van der Waals surface area contributed by atoms with Crippen LogP contribution in [0.15, 0.2) is 10.4 Å². The number of aliphatic imine (C=N–C) groups is 1. The van der Waals surface area contributed by atoms with Crippen molar-refractivity contribution < 1.29 is 0 Å². The van der Waals surface area contributed by atoms with E-state index in [1.54, 1.807) is 11.3 Å². The average Bonchev–Trinajstić information content (AvgIpc) is 3.55. The summed E-state index contributed by atoms with van der Waals surface area (Å²) in [6.07, 6.45) is 10.6. The molecule has 1 aromatic heterocycles. The maximum Gasteiger partial charge on any atom is 0.191 e. The van der Waals surface area contributed by atoms with Gasteiger partial charge >= 0.3 is 0 Å². The van der Waals surface area contributed by atoms with Gasteiger partial charge in [0.1, 0.15) is 0 Å². The molecule has 1 unspecified atom stereocenters. The van der Waals surface area contributed by atoms with E-state index in [1.165, 1.54) is 88.4 Å². The van der Waals surface area contributed by atoms with Crippen molar-refractivity contribution in [2.75, 3.05) is 46.3 Å². The van der Waals surface area contributed by atoms with Gasteiger partial charge in [0.15, 0.2) is 5.96 Å². The average molecular weight is 447 g/mol. The predicted molar refractivity (Wildman–Crippen MR) is 131 cm³/mol. The van der Waals surface area contributed by atoms with E-state index < -0.39 is 0 Å². The van der Waals surface area contributed by atoms with Gasteiger partial charge in [0, 0.05) is 51.2 Å². The van der Waals surface area contributed by atoms with Crippen LogP contribution in [0.3, 0.4) is 0 Å². The molecule has 1 aliphatic carbocycles. The number of nitrogens with zero attached hydrogens (tertiary/aromatic N) is 4. The minimum atomic E-state index is 0.542. The van der Waals surface area contributed by atoms with Crippen molar-refractivity contribution >= 4 is 17.3 Å². The van der Waals surface area contributed by atoms with E-state index in [0.717, 1.165) is 37.3 Å². The number of guanidine groups is 1. The standard InChI is InChI=1S/C24H42N6S/c1-3-23-27-22(18-31-23)17-29-11-8-19(9-12-29)14-26-24(25-2)28-21-10-13-30(16-21)15-20-6-4-5-7-20/h18-21H,3-17H2,1-2H3,(H2,25,26,28). The summed E-state index contributed by atoms with van der Waals surface area (Å²) < 4.78 is 0. The topological polar surface area (TPSA) is 55.8 Å². The summed E-state index contributed by atoms with van der Waals surface area (Å²) in [6, 6.07) is 0.542. The maximum atomic E-state index is 4.73. The van der Waals surface area contributed by atoms with Crippen LogP contribution >= 0.6 is 11.3 Å². The van der Waals surface area contributed by atoms with Crippen molar-refractivity contribution in [3.63, 3.8) is 0 Å². The minimum absolute atomic E-state index is 0.542. The highest BCUT2D eigenvalue weighted by Crippen LogP contribution is 2.26. The summed E-state index contributed by atoms with van der Waals surface area (Å²) in [7, 11) is 1.90. The van der Waals surface area contributed by atoms with Crippen LogP contribution in [-0.4, -0.2) is 73.1 Å². The molecule has 3 fully saturated rings. The molecule has 0 aromatic carbocycles. The fourth-order valence-corrected chi connectivity index (χ4v) is 6.20. The molecule has 7 heteroatoms. The van der Waals surface area contributed by atoms with E-state index in [-0.39, 0.29) is 0 Å². The number of aromatic nitrogens is 1. The molecule has 2 saturated heterocycles. The van der Waals surface area contributed by atoms with Crippen LogP contribution in [0, 0.1) is 11.8 Å². The van der Waals surface area contributed by atoms with E-state index in [9.17, 15) is 0 Å². The second kappa shape index (κ2) is 11.6. The highest BCUT2D eigenvalue weighted by molar-refractivity contribution is 7.09. The monoisotopic (exact) mass is 446 g/mol. The van der Waals surface area contributed by atoms with Crippen molar-refractivity contribution in [2.24, 2.45) is 16.8 Å². The molecule has 174 valence electrons. The van der Waals surface area contributed by atoms with Gasteiger partial charge in [0.05, 0.1) is 10.7 Å². The lowest BCUT2D eigenvalue weighted by molar-refractivity contribution is 0.176. The molecule has 1 saturated carbocycles. The molecular weight excluding hydrogens is 404 g/mol. The highest BCUT2D eigenvalue weighted by Gasteiger charge is 2.27. The Morgan fingerprint density at radius 1 is 1.10 bits per heavy atom. The van der Waals surface area contributed by atoms with E-state index in [1.807, 2.05) is 7.05 Å². The van der Waals surface area contributed by atoms with Gasteiger partial charge in [-0.15, -0.1) is 11.3 Å². The molecule has 0 spiro atoms. The zero-order valence-corrected chi connectivity index (χ0v) is 20.4. The third-order valence-corrected chi connectivity index (χ3v) is 8.42. The van der Waals surface area contributed by atoms with Crippen molar-refractivity contribution in [1.82, 2.24) is 25.4 Å². The number of likely N-dealkylation sites (tertiary alicyclic amines) is 2. The SMILES string of the molecule is CCc1nc(CN2CCC(CNC(=NC)NC3CCN(CC4CCCC4)C3)CC2)cs1. The largest absolute Gasteiger partial charge is 0.356 e. The molecule has 2 N–H and O–H groups in total. The van der Waals surface area contributed by atoms with Gasteiger partial charge in [-0.1, -0.05) is 19.8 Å². The van der Waals surface area contributed by atoms with Crippen LogP contribution in [0.25, 0.3) is 0 Å². The van der Waals surface area contributed by atoms with E-state index in [4.69, 9.17) is 4.98 Å². The predicted octanol–water partition coefficient (Wildman–Crippen LogP) is 3.35. The van der Waals surface area contributed by atoms with Crippen LogP contribution in [0.5, 0.6) is 0 Å². The summed E-state index contributed by atoms with van der Waals surface area (Å²) in [5, 5.41) is 10.8. The maximum absolute atomic E-state index is 4.73. The smallest absolute Gasteiger partial charge is 0.191 e. The summed E-state index contributed by atoms with van der Waals surface area (Å²) in [6.45, 7) is 10.3. The van der Waals surface area contributed by atoms with Gasteiger partial charge in [0.25, 0.3) is 0 Å². The Hall–Kier alpha value is -1.18. The molecule has 0 amide bonds. The molecule has 0 radical (unpaired) electrons. The molecule has 1 aromatic rings. The van der Waals surface area contributed by atoms with Crippen LogP contribution < -0.4 is 10.6 Å². The normalized spacial score (nSPS) is 24.8. The first kappa shape index (κ1) is 23.0. The number of aryl methyl sites for hydroxylation is 1. The second-order valence-electron chi connectivity index (χ2n) is 9.80. The first-order valence-electron chi connectivity index (χ1n) is 12.6. The minimum Gasteiger partial charge on any atom is -0.356 e. The van der Waals surface area contributed by atoms with E-state index in [2.05, 4.69) is 37.7 Å². The van der Waals surface area contributed by atoms with Crippen LogP contribution in [0.2, 0.25) is 0 Å². The zero-order chi connectivity index (χ0) is 21.5. The van der Waals surface area contributed by atoms with E-state index >= 15 is 0 Å². The Kier molecular flexibility index (Phi) is 8.62. The highest BCUT2D eigenvalue weighted by atomic mass is 32.1. The molecule has 2 aliphatic heterocycles. The second-order valence-corrected chi connectivity index (χ2v) is 10.7. The summed E-state index contributed by atoms with van der Waals surface area (Å²) in [5.41, 5.74) is 1.25. The zero-order valence-electron chi connectivity index (χ0n) is 19.6. The van der Waals surface area contributed by atoms with Crippen LogP contribution in [-0.2, 0) is 13.0 Å². The van der Waals surface area contributed by atoms with Gasteiger partial charge in [-0.3, -0.25) is 9.89 Å². The van der Waals surface area contributed by atoms with Crippen molar-refractivity contribution in [3.8, 4) is 0 Å². The molecule has 3 aliphatic rings. The molecule has 3 heterocycles. The lowest BCUT2D eigenvalue weighted by atomic mass is 9.97. The number of piperidine rings is 1. The lowest BCUT2D eigenvalue weighted by Gasteiger charge is -2.32. The Morgan fingerprint density at radius 2 is 1.87 bits per heavy atom. The third-order valence-electron chi connectivity index (χ3n) is 7.38. The van der Waals surface area contributed by atoms with Gasteiger partial charge in [-0.05, 0) is 63.5 Å². The van der Waals surface area contributed by atoms with Gasteiger partial charge in [-0.25, -0.2) is 4.98 Å². The van der Waals surface area contributed by atoms with Crippen molar-refractivity contribution in [1.29, 1.82) is 0 Å². The first-order valence-corrected chi connectivity index (χ1v) is 13.4. The number of rotatable bonds is 8. The molecule has 4 rings (SSSR count). The Bertz CT molecular complexity index is 690. The first-order chi connectivity index (χ1) is 15.2. The number of thiazole rings is 1. The van der Waals surface area contributed by atoms with Crippen LogP contribution in [0.1, 0.15) is 62.6 Å². The number of nitrogens with one attached hydrogen (secondary N) is 2. The Morgan fingerprint density at radius 3 is 2.58 bits per heavy atom. The van der Waals surface area contributed by atoms with Crippen LogP contribution in [0.4, 0.5) is 0 Å². The fraction of sp³-hybridized carbons (Fsp3) is 0.833. The van der Waals surface area contributed by atoms with Crippen molar-refractivity contribution in [3.05, 3.63) is 16.1 Å². The number of hydrogen-bond donors (Lipinski definition) is 2. The Labute approximate surface area is 192 Å². The third kappa shape index (κ3) is 6.90. The van der Waals surface area contributed by atoms with Gasteiger partial charge in [0.2, 0.25) is 0 Å². The Balaban J connectivity index is 1.12. The molecule has 31 heavy (non-hydrogen) atoms. The molecule has 6 nitrogen and oxygen atoms in total. The molecular formula is C24H42N6S. The quantitative estimate of drug-likeness (QED) is 0.474. The molecule has 0 bridgehead atoms. The summed E-state index contributed by atoms with van der Waals surface area (Å²) in [4.78, 5) is 14.5.